The van der Waals surface area contributed by atoms with Crippen molar-refractivity contribution in [2.75, 3.05) is 5.32 Å². The molecule has 0 fully saturated rings. The van der Waals surface area contributed by atoms with Gasteiger partial charge in [0, 0.05) is 12.1 Å². The van der Waals surface area contributed by atoms with Crippen molar-refractivity contribution in [2.24, 2.45) is 0 Å². The van der Waals surface area contributed by atoms with Crippen LogP contribution in [0.1, 0.15) is 24.0 Å². The molecule has 0 saturated carbocycles. The number of aryl methyl sites for hydroxylation is 2. The molecular formula is C28H25N3OS. The fourth-order valence-electron chi connectivity index (χ4n) is 4.44. The van der Waals surface area contributed by atoms with Crippen LogP contribution in [0, 0.1) is 6.92 Å². The predicted molar refractivity (Wildman–Crippen MR) is 142 cm³/mol. The van der Waals surface area contributed by atoms with Gasteiger partial charge in [-0.15, -0.1) is 0 Å². The standard InChI is InChI=1S/C28H25N3OS/c1-18-8-15-23(16-9-18)29-28(33)31-30-25(32)7-3-4-19-10-11-22-13-12-20-5-2-6-21-14-17-24(19)27(22)26(20)21/h2,5-6,8-17H,3-4,7H2,1H3,(H,30,32)(H2,29,31,33). The lowest BCUT2D eigenvalue weighted by Gasteiger charge is -2.14. The van der Waals surface area contributed by atoms with Gasteiger partial charge in [-0.3, -0.25) is 15.6 Å². The lowest BCUT2D eigenvalue weighted by atomic mass is 9.90. The van der Waals surface area contributed by atoms with Gasteiger partial charge in [0.05, 0.1) is 0 Å². The van der Waals surface area contributed by atoms with Crippen molar-refractivity contribution in [3.63, 3.8) is 0 Å². The average Bonchev–Trinajstić information content (AvgIpc) is 2.83. The largest absolute Gasteiger partial charge is 0.331 e. The van der Waals surface area contributed by atoms with Gasteiger partial charge in [0.25, 0.3) is 0 Å². The predicted octanol–water partition coefficient (Wildman–Crippen LogP) is 6.23. The first-order valence-electron chi connectivity index (χ1n) is 11.2. The van der Waals surface area contributed by atoms with Crippen molar-refractivity contribution in [1.29, 1.82) is 0 Å². The Morgan fingerprint density at radius 1 is 0.788 bits per heavy atom. The van der Waals surface area contributed by atoms with E-state index in [1.54, 1.807) is 0 Å². The van der Waals surface area contributed by atoms with Crippen molar-refractivity contribution in [3.05, 3.63) is 90.0 Å². The normalized spacial score (nSPS) is 11.2. The van der Waals surface area contributed by atoms with Crippen LogP contribution in [0.4, 0.5) is 5.69 Å². The van der Waals surface area contributed by atoms with Gasteiger partial charge in [0.15, 0.2) is 5.11 Å². The Morgan fingerprint density at radius 3 is 2.21 bits per heavy atom. The minimum absolute atomic E-state index is 0.0826. The van der Waals surface area contributed by atoms with E-state index in [4.69, 9.17) is 12.2 Å². The fourth-order valence-corrected chi connectivity index (χ4v) is 4.61. The first-order chi connectivity index (χ1) is 16.1. The van der Waals surface area contributed by atoms with Crippen molar-refractivity contribution in [2.45, 2.75) is 26.2 Å². The number of thiocarbonyl (C=S) groups is 1. The zero-order valence-corrected chi connectivity index (χ0v) is 19.3. The number of amides is 1. The molecule has 4 nitrogen and oxygen atoms in total. The summed E-state index contributed by atoms with van der Waals surface area (Å²) in [5, 5.41) is 11.1. The Hall–Kier alpha value is -3.70. The van der Waals surface area contributed by atoms with Crippen LogP contribution in [0.3, 0.4) is 0 Å². The van der Waals surface area contributed by atoms with E-state index in [9.17, 15) is 4.79 Å². The van der Waals surface area contributed by atoms with E-state index < -0.39 is 0 Å². The fraction of sp³-hybridized carbons (Fsp3) is 0.143. The van der Waals surface area contributed by atoms with Crippen molar-refractivity contribution < 1.29 is 4.79 Å². The van der Waals surface area contributed by atoms with Crippen LogP contribution >= 0.6 is 12.2 Å². The molecule has 0 spiro atoms. The smallest absolute Gasteiger partial charge is 0.238 e. The molecular weight excluding hydrogens is 426 g/mol. The van der Waals surface area contributed by atoms with E-state index in [-0.39, 0.29) is 5.91 Å². The van der Waals surface area contributed by atoms with E-state index in [2.05, 4.69) is 70.8 Å². The van der Waals surface area contributed by atoms with Gasteiger partial charge in [-0.25, -0.2) is 0 Å². The number of nitrogens with one attached hydrogen (secondary N) is 3. The first-order valence-corrected chi connectivity index (χ1v) is 11.6. The summed E-state index contributed by atoms with van der Waals surface area (Å²) in [7, 11) is 0. The van der Waals surface area contributed by atoms with E-state index >= 15 is 0 Å². The van der Waals surface area contributed by atoms with Crippen LogP contribution < -0.4 is 16.2 Å². The van der Waals surface area contributed by atoms with Crippen LogP contribution in [-0.2, 0) is 11.2 Å². The molecule has 0 aliphatic rings. The minimum Gasteiger partial charge on any atom is -0.331 e. The maximum atomic E-state index is 12.3. The highest BCUT2D eigenvalue weighted by molar-refractivity contribution is 7.80. The second kappa shape index (κ2) is 9.04. The Morgan fingerprint density at radius 2 is 1.45 bits per heavy atom. The third kappa shape index (κ3) is 4.45. The molecule has 0 aliphatic carbocycles. The van der Waals surface area contributed by atoms with Crippen LogP contribution in [0.2, 0.25) is 0 Å². The van der Waals surface area contributed by atoms with E-state index in [1.807, 2.05) is 31.2 Å². The first kappa shape index (κ1) is 21.2. The van der Waals surface area contributed by atoms with Crippen molar-refractivity contribution in [3.8, 4) is 0 Å². The molecule has 0 radical (unpaired) electrons. The highest BCUT2D eigenvalue weighted by atomic mass is 32.1. The monoisotopic (exact) mass is 451 g/mol. The molecule has 0 aromatic heterocycles. The van der Waals surface area contributed by atoms with Crippen molar-refractivity contribution >= 4 is 61.2 Å². The molecule has 0 saturated heterocycles. The lowest BCUT2D eigenvalue weighted by molar-refractivity contribution is -0.121. The van der Waals surface area contributed by atoms with Gasteiger partial charge >= 0.3 is 0 Å². The van der Waals surface area contributed by atoms with Crippen LogP contribution in [0.5, 0.6) is 0 Å². The summed E-state index contributed by atoms with van der Waals surface area (Å²) >= 11 is 5.25. The van der Waals surface area contributed by atoms with Gasteiger partial charge in [-0.2, -0.15) is 0 Å². The molecule has 5 aromatic carbocycles. The van der Waals surface area contributed by atoms with Gasteiger partial charge < -0.3 is 5.32 Å². The molecule has 0 heterocycles. The number of hydrazine groups is 1. The number of benzene rings is 5. The summed E-state index contributed by atoms with van der Waals surface area (Å²) in [5.74, 6) is -0.0826. The summed E-state index contributed by atoms with van der Waals surface area (Å²) in [6.07, 6.45) is 2.02. The number of anilines is 1. The number of rotatable bonds is 5. The molecule has 0 aliphatic heterocycles. The molecule has 1 amide bonds. The third-order valence-electron chi connectivity index (χ3n) is 6.09. The van der Waals surface area contributed by atoms with Crippen LogP contribution in [-0.4, -0.2) is 11.0 Å². The van der Waals surface area contributed by atoms with E-state index in [0.29, 0.717) is 11.5 Å². The van der Waals surface area contributed by atoms with E-state index in [0.717, 1.165) is 18.5 Å². The van der Waals surface area contributed by atoms with Gasteiger partial charge in [0.1, 0.15) is 0 Å². The second-order valence-electron chi connectivity index (χ2n) is 8.43. The molecule has 3 N–H and O–H groups in total. The highest BCUT2D eigenvalue weighted by Crippen LogP contribution is 2.36. The molecule has 164 valence electrons. The molecule has 0 unspecified atom stereocenters. The Labute approximate surface area is 198 Å². The van der Waals surface area contributed by atoms with Gasteiger partial charge in [-0.1, -0.05) is 72.3 Å². The SMILES string of the molecule is Cc1ccc(NC(=S)NNC(=O)CCCc2ccc3ccc4cccc5ccc2c3c45)cc1. The van der Waals surface area contributed by atoms with E-state index in [1.165, 1.54) is 43.4 Å². The number of hydrogen-bond donors (Lipinski definition) is 3. The summed E-state index contributed by atoms with van der Waals surface area (Å²) in [6.45, 7) is 2.03. The maximum absolute atomic E-state index is 12.3. The Kier molecular flexibility index (Phi) is 5.80. The Bertz CT molecular complexity index is 1440. The summed E-state index contributed by atoms with van der Waals surface area (Å²) in [5.41, 5.74) is 8.79. The third-order valence-corrected chi connectivity index (χ3v) is 6.30. The molecule has 0 atom stereocenters. The lowest BCUT2D eigenvalue weighted by Crippen LogP contribution is -2.43. The zero-order chi connectivity index (χ0) is 22.8. The molecule has 5 aromatic rings. The van der Waals surface area contributed by atoms with Gasteiger partial charge in [0.2, 0.25) is 5.91 Å². The molecule has 0 bridgehead atoms. The average molecular weight is 452 g/mol. The number of carbonyl (C=O) groups excluding carboxylic acids is 1. The Balaban J connectivity index is 1.20. The minimum atomic E-state index is -0.0826. The molecule has 33 heavy (non-hydrogen) atoms. The second-order valence-corrected chi connectivity index (χ2v) is 8.84. The summed E-state index contributed by atoms with van der Waals surface area (Å²) in [4.78, 5) is 12.3. The molecule has 5 heteroatoms. The summed E-state index contributed by atoms with van der Waals surface area (Å²) < 4.78 is 0. The van der Waals surface area contributed by atoms with Crippen LogP contribution in [0.25, 0.3) is 32.3 Å². The molecule has 5 rings (SSSR count). The number of carbonyl (C=O) groups is 1. The topological polar surface area (TPSA) is 53.2 Å². The van der Waals surface area contributed by atoms with Gasteiger partial charge in [-0.05, 0) is 82.0 Å². The maximum Gasteiger partial charge on any atom is 0.238 e. The van der Waals surface area contributed by atoms with Crippen molar-refractivity contribution in [1.82, 2.24) is 10.9 Å². The highest BCUT2D eigenvalue weighted by Gasteiger charge is 2.11. The number of hydrogen-bond acceptors (Lipinski definition) is 2. The van der Waals surface area contributed by atoms with Crippen LogP contribution in [0.15, 0.2) is 78.9 Å². The summed E-state index contributed by atoms with van der Waals surface area (Å²) in [6, 6.07) is 27.5. The quantitative estimate of drug-likeness (QED) is 0.168. The zero-order valence-electron chi connectivity index (χ0n) is 18.4.